The molecule has 2 aromatic heterocycles. The molecule has 0 saturated heterocycles. The molecule has 1 aromatic carbocycles. The second kappa shape index (κ2) is 6.16. The third-order valence-corrected chi connectivity index (χ3v) is 4.04. The van der Waals surface area contributed by atoms with Crippen LogP contribution in [0.15, 0.2) is 55.0 Å². The minimum Gasteiger partial charge on any atom is -0.320 e. The van der Waals surface area contributed by atoms with Gasteiger partial charge in [-0.25, -0.2) is 15.0 Å². The number of hydrogen-bond donors (Lipinski definition) is 1. The first-order valence-corrected chi connectivity index (χ1v) is 7.77. The van der Waals surface area contributed by atoms with Crippen molar-refractivity contribution in [2.24, 2.45) is 0 Å². The number of fused-ring (bicyclic) bond motifs is 1. The lowest BCUT2D eigenvalue weighted by Crippen LogP contribution is -2.17. The van der Waals surface area contributed by atoms with Gasteiger partial charge in [-0.15, -0.1) is 0 Å². The maximum absolute atomic E-state index is 11.7. The second-order valence-electron chi connectivity index (χ2n) is 5.52. The molecule has 4 rings (SSSR count). The highest BCUT2D eigenvalue weighted by molar-refractivity contribution is 5.79. The van der Waals surface area contributed by atoms with Gasteiger partial charge in [-0.05, 0) is 30.2 Å². The number of aromatic nitrogens is 3. The van der Waals surface area contributed by atoms with Gasteiger partial charge in [0.05, 0.1) is 4.92 Å². The zero-order chi connectivity index (χ0) is 17.2. The van der Waals surface area contributed by atoms with Gasteiger partial charge in [0.15, 0.2) is 0 Å². The van der Waals surface area contributed by atoms with Crippen LogP contribution in [0.2, 0.25) is 0 Å². The maximum atomic E-state index is 11.7. The lowest BCUT2D eigenvalue weighted by molar-refractivity contribution is -0.383. The fraction of sp³-hybridized carbons (Fsp3) is 0.118. The summed E-state index contributed by atoms with van der Waals surface area (Å²) < 4.78 is 0. The monoisotopic (exact) mass is 334 g/mol. The SMILES string of the molecule is O=[N+]([O-])c1c(Nc2ccccn2)ncnc1N1CCc2ccccc21. The van der Waals surface area contributed by atoms with Gasteiger partial charge in [0.1, 0.15) is 12.1 Å². The van der Waals surface area contributed by atoms with Crippen LogP contribution in [0.1, 0.15) is 5.56 Å². The number of rotatable bonds is 4. The van der Waals surface area contributed by atoms with Crippen LogP contribution in [0.3, 0.4) is 0 Å². The lowest BCUT2D eigenvalue weighted by Gasteiger charge is -2.18. The van der Waals surface area contributed by atoms with E-state index in [0.29, 0.717) is 12.4 Å². The highest BCUT2D eigenvalue weighted by Crippen LogP contribution is 2.40. The Labute approximate surface area is 143 Å². The summed E-state index contributed by atoms with van der Waals surface area (Å²) in [6.07, 6.45) is 3.75. The van der Waals surface area contributed by atoms with Crippen molar-refractivity contribution in [3.63, 3.8) is 0 Å². The third-order valence-electron chi connectivity index (χ3n) is 4.04. The standard InChI is InChI=1S/C17H14N6O2/c24-23(25)15-16(21-14-7-3-4-9-18-14)19-11-20-17(15)22-10-8-12-5-1-2-6-13(12)22/h1-7,9,11H,8,10H2,(H,18,19,20,21). The largest absolute Gasteiger partial charge is 0.354 e. The normalized spacial score (nSPS) is 12.7. The average molecular weight is 334 g/mol. The van der Waals surface area contributed by atoms with Crippen molar-refractivity contribution in [1.82, 2.24) is 15.0 Å². The van der Waals surface area contributed by atoms with Crippen LogP contribution >= 0.6 is 0 Å². The van der Waals surface area contributed by atoms with Crippen LogP contribution in [0.25, 0.3) is 0 Å². The minimum atomic E-state index is -0.457. The second-order valence-corrected chi connectivity index (χ2v) is 5.52. The van der Waals surface area contributed by atoms with Crippen LogP contribution in [-0.4, -0.2) is 26.4 Å². The van der Waals surface area contributed by atoms with E-state index in [-0.39, 0.29) is 17.3 Å². The van der Waals surface area contributed by atoms with Crippen LogP contribution in [0.4, 0.5) is 28.8 Å². The number of nitrogens with zero attached hydrogens (tertiary/aromatic N) is 5. The molecule has 0 atom stereocenters. The highest BCUT2D eigenvalue weighted by atomic mass is 16.6. The van der Waals surface area contributed by atoms with Gasteiger partial charge in [0.2, 0.25) is 11.6 Å². The van der Waals surface area contributed by atoms with Gasteiger partial charge in [0, 0.05) is 18.4 Å². The molecule has 0 unspecified atom stereocenters. The third kappa shape index (κ3) is 2.74. The van der Waals surface area contributed by atoms with E-state index in [1.165, 1.54) is 6.33 Å². The van der Waals surface area contributed by atoms with Crippen LogP contribution < -0.4 is 10.2 Å². The molecule has 1 aliphatic rings. The molecule has 0 radical (unpaired) electrons. The quantitative estimate of drug-likeness (QED) is 0.578. The molecule has 0 bridgehead atoms. The van der Waals surface area contributed by atoms with Crippen molar-refractivity contribution in [3.8, 4) is 0 Å². The topological polar surface area (TPSA) is 97.1 Å². The highest BCUT2D eigenvalue weighted by Gasteiger charge is 2.31. The van der Waals surface area contributed by atoms with Gasteiger partial charge in [-0.3, -0.25) is 10.1 Å². The number of nitrogens with one attached hydrogen (secondary N) is 1. The number of pyridine rings is 1. The summed E-state index contributed by atoms with van der Waals surface area (Å²) in [5.41, 5.74) is 1.92. The van der Waals surface area contributed by atoms with Crippen molar-refractivity contribution in [2.75, 3.05) is 16.8 Å². The molecular formula is C17H14N6O2. The molecule has 3 aromatic rings. The predicted molar refractivity (Wildman–Crippen MR) is 93.4 cm³/mol. The average Bonchev–Trinajstić information content (AvgIpc) is 3.06. The molecule has 8 nitrogen and oxygen atoms in total. The zero-order valence-electron chi connectivity index (χ0n) is 13.2. The smallest absolute Gasteiger partial charge is 0.320 e. The molecule has 1 aliphatic heterocycles. The fourth-order valence-electron chi connectivity index (χ4n) is 2.94. The van der Waals surface area contributed by atoms with E-state index in [1.807, 2.05) is 29.2 Å². The summed E-state index contributed by atoms with van der Waals surface area (Å²) >= 11 is 0. The van der Waals surface area contributed by atoms with Crippen LogP contribution in [-0.2, 0) is 6.42 Å². The van der Waals surface area contributed by atoms with Crippen molar-refractivity contribution in [1.29, 1.82) is 0 Å². The van der Waals surface area contributed by atoms with Gasteiger partial charge < -0.3 is 10.2 Å². The first-order valence-electron chi connectivity index (χ1n) is 7.77. The maximum Gasteiger partial charge on any atom is 0.354 e. The Bertz CT molecular complexity index is 931. The zero-order valence-corrected chi connectivity index (χ0v) is 13.2. The molecule has 0 amide bonds. The van der Waals surface area contributed by atoms with E-state index in [0.717, 1.165) is 17.7 Å². The number of hydrogen-bond acceptors (Lipinski definition) is 7. The summed E-state index contributed by atoms with van der Waals surface area (Å²) in [7, 11) is 0. The molecule has 25 heavy (non-hydrogen) atoms. The van der Waals surface area contributed by atoms with Gasteiger partial charge >= 0.3 is 5.69 Å². The Hall–Kier alpha value is -3.55. The van der Waals surface area contributed by atoms with Gasteiger partial charge in [0.25, 0.3) is 0 Å². The van der Waals surface area contributed by atoms with Crippen LogP contribution in [0.5, 0.6) is 0 Å². The fourth-order valence-corrected chi connectivity index (χ4v) is 2.94. The molecule has 0 spiro atoms. The van der Waals surface area contributed by atoms with Crippen molar-refractivity contribution in [2.45, 2.75) is 6.42 Å². The number of para-hydroxylation sites is 1. The molecule has 0 fully saturated rings. The Balaban J connectivity index is 1.79. The van der Waals surface area contributed by atoms with Gasteiger partial charge in [-0.1, -0.05) is 24.3 Å². The van der Waals surface area contributed by atoms with E-state index in [1.54, 1.807) is 24.4 Å². The lowest BCUT2D eigenvalue weighted by atomic mass is 10.2. The minimum absolute atomic E-state index is 0.123. The van der Waals surface area contributed by atoms with E-state index >= 15 is 0 Å². The summed E-state index contributed by atoms with van der Waals surface area (Å²) in [4.78, 5) is 25.5. The van der Waals surface area contributed by atoms with Crippen LogP contribution in [0, 0.1) is 10.1 Å². The van der Waals surface area contributed by atoms with Crippen molar-refractivity contribution >= 4 is 28.8 Å². The molecular weight excluding hydrogens is 320 g/mol. The molecule has 8 heteroatoms. The Morgan fingerprint density at radius 2 is 1.92 bits per heavy atom. The number of anilines is 4. The van der Waals surface area contributed by atoms with E-state index in [9.17, 15) is 10.1 Å². The Kier molecular flexibility index (Phi) is 3.70. The number of benzene rings is 1. The van der Waals surface area contributed by atoms with Crippen molar-refractivity contribution in [3.05, 3.63) is 70.7 Å². The summed E-state index contributed by atoms with van der Waals surface area (Å²) in [6, 6.07) is 13.1. The molecule has 0 saturated carbocycles. The van der Waals surface area contributed by atoms with Gasteiger partial charge in [-0.2, -0.15) is 0 Å². The molecule has 0 aliphatic carbocycles. The molecule has 1 N–H and O–H groups in total. The van der Waals surface area contributed by atoms with Crippen molar-refractivity contribution < 1.29 is 4.92 Å². The van der Waals surface area contributed by atoms with E-state index in [2.05, 4.69) is 20.3 Å². The first kappa shape index (κ1) is 15.0. The molecule has 124 valence electrons. The summed E-state index contributed by atoms with van der Waals surface area (Å²) in [5, 5.41) is 14.7. The summed E-state index contributed by atoms with van der Waals surface area (Å²) in [6.45, 7) is 0.639. The Morgan fingerprint density at radius 1 is 1.08 bits per heavy atom. The predicted octanol–water partition coefficient (Wildman–Crippen LogP) is 3.22. The summed E-state index contributed by atoms with van der Waals surface area (Å²) in [5.74, 6) is 0.888. The first-order chi connectivity index (χ1) is 12.2. The number of nitro groups is 1. The Morgan fingerprint density at radius 3 is 2.72 bits per heavy atom. The van der Waals surface area contributed by atoms with E-state index < -0.39 is 4.92 Å². The molecule has 3 heterocycles. The van der Waals surface area contributed by atoms with E-state index in [4.69, 9.17) is 0 Å².